The minimum Gasteiger partial charge on any atom is -0.494 e. The second-order valence-electron chi connectivity index (χ2n) is 6.94. The highest BCUT2D eigenvalue weighted by Gasteiger charge is 2.25. The van der Waals surface area contributed by atoms with E-state index in [1.165, 1.54) is 7.11 Å². The van der Waals surface area contributed by atoms with Crippen LogP contribution < -0.4 is 24.8 Å². The van der Waals surface area contributed by atoms with Crippen molar-refractivity contribution in [2.45, 2.75) is 33.7 Å². The number of anilines is 1. The molecule has 7 nitrogen and oxygen atoms in total. The topological polar surface area (TPSA) is 85.9 Å². The van der Waals surface area contributed by atoms with Crippen LogP contribution in [-0.4, -0.2) is 38.2 Å². The number of benzene rings is 2. The third-order valence-electron chi connectivity index (χ3n) is 4.39. The fraction of sp³-hybridized carbons (Fsp3) is 0.391. The number of carbonyl (C=O) groups excluding carboxylic acids is 2. The van der Waals surface area contributed by atoms with Crippen molar-refractivity contribution in [3.63, 3.8) is 0 Å². The van der Waals surface area contributed by atoms with E-state index in [4.69, 9.17) is 14.2 Å². The first-order valence-electron chi connectivity index (χ1n) is 10.0. The molecule has 30 heavy (non-hydrogen) atoms. The molecule has 0 saturated heterocycles. The summed E-state index contributed by atoms with van der Waals surface area (Å²) in [5.74, 6) is 1.07. The standard InChI is InChI=1S/C23H30N2O5/c1-6-29-18-11-8-16(9-12-18)22(26)25-21(15(3)4)23(27)24-17-10-13-19(30-7-2)20(14-17)28-5/h8-15,21H,6-7H2,1-5H3,(H,24,27)(H,25,26)/t21-/m0/s1. The fourth-order valence-electron chi connectivity index (χ4n) is 2.87. The first-order valence-corrected chi connectivity index (χ1v) is 10.0. The average Bonchev–Trinajstić information content (AvgIpc) is 2.73. The number of hydrogen-bond donors (Lipinski definition) is 2. The van der Waals surface area contributed by atoms with Crippen molar-refractivity contribution in [1.29, 1.82) is 0 Å². The van der Waals surface area contributed by atoms with Crippen LogP contribution in [0.3, 0.4) is 0 Å². The third-order valence-corrected chi connectivity index (χ3v) is 4.39. The largest absolute Gasteiger partial charge is 0.494 e. The van der Waals surface area contributed by atoms with E-state index in [1.807, 2.05) is 27.7 Å². The lowest BCUT2D eigenvalue weighted by Crippen LogP contribution is -2.47. The number of nitrogens with one attached hydrogen (secondary N) is 2. The van der Waals surface area contributed by atoms with Gasteiger partial charge in [0.2, 0.25) is 5.91 Å². The van der Waals surface area contributed by atoms with Crippen molar-refractivity contribution in [2.75, 3.05) is 25.6 Å². The molecule has 0 aliphatic heterocycles. The lowest BCUT2D eigenvalue weighted by molar-refractivity contribution is -0.118. The van der Waals surface area contributed by atoms with Gasteiger partial charge >= 0.3 is 0 Å². The molecular formula is C23H30N2O5. The van der Waals surface area contributed by atoms with Crippen LogP contribution in [-0.2, 0) is 4.79 Å². The molecule has 0 spiro atoms. The first kappa shape index (κ1) is 23.1. The second kappa shape index (κ2) is 11.1. The van der Waals surface area contributed by atoms with Gasteiger partial charge in [-0.3, -0.25) is 9.59 Å². The second-order valence-corrected chi connectivity index (χ2v) is 6.94. The molecule has 2 amide bonds. The third kappa shape index (κ3) is 6.14. The van der Waals surface area contributed by atoms with E-state index < -0.39 is 6.04 Å². The van der Waals surface area contributed by atoms with E-state index in [1.54, 1.807) is 42.5 Å². The van der Waals surface area contributed by atoms with Gasteiger partial charge in [0.1, 0.15) is 11.8 Å². The van der Waals surface area contributed by atoms with Crippen molar-refractivity contribution in [2.24, 2.45) is 5.92 Å². The van der Waals surface area contributed by atoms with Crippen LogP contribution in [0.15, 0.2) is 42.5 Å². The van der Waals surface area contributed by atoms with Crippen LogP contribution in [0.5, 0.6) is 17.2 Å². The first-order chi connectivity index (χ1) is 14.4. The maximum Gasteiger partial charge on any atom is 0.251 e. The van der Waals surface area contributed by atoms with Crippen molar-refractivity contribution in [3.05, 3.63) is 48.0 Å². The van der Waals surface area contributed by atoms with Crippen LogP contribution in [0.2, 0.25) is 0 Å². The zero-order chi connectivity index (χ0) is 22.1. The molecule has 0 saturated carbocycles. The summed E-state index contributed by atoms with van der Waals surface area (Å²) in [4.78, 5) is 25.5. The van der Waals surface area contributed by atoms with Gasteiger partial charge in [-0.1, -0.05) is 13.8 Å². The minimum absolute atomic E-state index is 0.110. The molecule has 0 radical (unpaired) electrons. The predicted molar refractivity (Wildman–Crippen MR) is 116 cm³/mol. The summed E-state index contributed by atoms with van der Waals surface area (Å²) >= 11 is 0. The molecule has 0 heterocycles. The highest BCUT2D eigenvalue weighted by molar-refractivity contribution is 6.01. The molecule has 2 rings (SSSR count). The highest BCUT2D eigenvalue weighted by Crippen LogP contribution is 2.30. The van der Waals surface area contributed by atoms with Gasteiger partial charge in [-0.05, 0) is 56.2 Å². The highest BCUT2D eigenvalue weighted by atomic mass is 16.5. The normalized spacial score (nSPS) is 11.5. The Hall–Kier alpha value is -3.22. The van der Waals surface area contributed by atoms with Crippen LogP contribution in [0, 0.1) is 5.92 Å². The van der Waals surface area contributed by atoms with Gasteiger partial charge in [0.05, 0.1) is 20.3 Å². The monoisotopic (exact) mass is 414 g/mol. The number of rotatable bonds is 10. The van der Waals surface area contributed by atoms with Crippen molar-refractivity contribution in [3.8, 4) is 17.2 Å². The predicted octanol–water partition coefficient (Wildman–Crippen LogP) is 3.89. The summed E-state index contributed by atoms with van der Waals surface area (Å²) in [5.41, 5.74) is 1.01. The molecule has 0 unspecified atom stereocenters. The fourth-order valence-corrected chi connectivity index (χ4v) is 2.87. The number of ether oxygens (including phenoxy) is 3. The number of methoxy groups -OCH3 is 1. The van der Waals surface area contributed by atoms with Crippen molar-refractivity contribution < 1.29 is 23.8 Å². The van der Waals surface area contributed by atoms with E-state index in [2.05, 4.69) is 10.6 Å². The summed E-state index contributed by atoms with van der Waals surface area (Å²) in [6.07, 6.45) is 0. The Kier molecular flexibility index (Phi) is 8.53. The maximum absolute atomic E-state index is 12.9. The van der Waals surface area contributed by atoms with E-state index >= 15 is 0 Å². The summed E-state index contributed by atoms with van der Waals surface area (Å²) in [6, 6.07) is 11.3. The summed E-state index contributed by atoms with van der Waals surface area (Å²) in [5, 5.41) is 5.66. The number of carbonyl (C=O) groups is 2. The van der Waals surface area contributed by atoms with Crippen LogP contribution >= 0.6 is 0 Å². The van der Waals surface area contributed by atoms with Crippen molar-refractivity contribution in [1.82, 2.24) is 5.32 Å². The zero-order valence-electron chi connectivity index (χ0n) is 18.2. The molecule has 162 valence electrons. The molecule has 2 aromatic rings. The number of hydrogen-bond acceptors (Lipinski definition) is 5. The molecule has 0 aliphatic rings. The molecular weight excluding hydrogens is 384 g/mol. The Morgan fingerprint density at radius 1 is 0.933 bits per heavy atom. The van der Waals surface area contributed by atoms with E-state index in [0.29, 0.717) is 41.7 Å². The van der Waals surface area contributed by atoms with Gasteiger partial charge in [-0.15, -0.1) is 0 Å². The lowest BCUT2D eigenvalue weighted by Gasteiger charge is -2.22. The van der Waals surface area contributed by atoms with Gasteiger partial charge in [-0.2, -0.15) is 0 Å². The summed E-state index contributed by atoms with van der Waals surface area (Å²) in [7, 11) is 1.54. The SMILES string of the molecule is CCOc1ccc(C(=O)N[C@H](C(=O)Nc2ccc(OCC)c(OC)c2)C(C)C)cc1. The molecule has 1 atom stereocenters. The van der Waals surface area contributed by atoms with Gasteiger partial charge in [-0.25, -0.2) is 0 Å². The molecule has 0 bridgehead atoms. The van der Waals surface area contributed by atoms with Gasteiger partial charge in [0.15, 0.2) is 11.5 Å². The smallest absolute Gasteiger partial charge is 0.251 e. The Balaban J connectivity index is 2.10. The van der Waals surface area contributed by atoms with Crippen LogP contribution in [0.4, 0.5) is 5.69 Å². The molecule has 2 aromatic carbocycles. The molecule has 0 aromatic heterocycles. The lowest BCUT2D eigenvalue weighted by atomic mass is 10.0. The summed E-state index contributed by atoms with van der Waals surface area (Å²) < 4.78 is 16.2. The molecule has 0 aliphatic carbocycles. The number of amides is 2. The maximum atomic E-state index is 12.9. The zero-order valence-corrected chi connectivity index (χ0v) is 18.2. The molecule has 0 fully saturated rings. The average molecular weight is 415 g/mol. The summed E-state index contributed by atoms with van der Waals surface area (Å²) in [6.45, 7) is 8.59. The Bertz CT molecular complexity index is 849. The molecule has 7 heteroatoms. The van der Waals surface area contributed by atoms with Crippen LogP contribution in [0.1, 0.15) is 38.1 Å². The van der Waals surface area contributed by atoms with Gasteiger partial charge in [0.25, 0.3) is 5.91 Å². The Labute approximate surface area is 177 Å². The van der Waals surface area contributed by atoms with Crippen LogP contribution in [0.25, 0.3) is 0 Å². The van der Waals surface area contributed by atoms with Gasteiger partial charge in [0, 0.05) is 17.3 Å². The Morgan fingerprint density at radius 3 is 2.17 bits per heavy atom. The minimum atomic E-state index is -0.707. The van der Waals surface area contributed by atoms with E-state index in [0.717, 1.165) is 0 Å². The molecule has 2 N–H and O–H groups in total. The van der Waals surface area contributed by atoms with Crippen molar-refractivity contribution >= 4 is 17.5 Å². The van der Waals surface area contributed by atoms with E-state index in [9.17, 15) is 9.59 Å². The Morgan fingerprint density at radius 2 is 1.60 bits per heavy atom. The van der Waals surface area contributed by atoms with E-state index in [-0.39, 0.29) is 17.7 Å². The van der Waals surface area contributed by atoms with Gasteiger partial charge < -0.3 is 24.8 Å². The quantitative estimate of drug-likeness (QED) is 0.616.